The van der Waals surface area contributed by atoms with E-state index >= 15 is 0 Å². The van der Waals surface area contributed by atoms with E-state index in [9.17, 15) is 0 Å². The third-order valence-corrected chi connectivity index (χ3v) is 1.81. The highest BCUT2D eigenvalue weighted by molar-refractivity contribution is 4.98. The SMILES string of the molecule is CC(c1nn[nH]n1)n1cccc1. The average Bonchev–Trinajstić information content (AvgIpc) is 2.77. The Balaban J connectivity index is 2.27. The molecule has 0 aliphatic carbocycles. The maximum Gasteiger partial charge on any atom is 0.196 e. The van der Waals surface area contributed by atoms with E-state index < -0.39 is 0 Å². The molecule has 5 heteroatoms. The summed E-state index contributed by atoms with van der Waals surface area (Å²) in [6.07, 6.45) is 3.95. The van der Waals surface area contributed by atoms with Crippen molar-refractivity contribution in [3.63, 3.8) is 0 Å². The summed E-state index contributed by atoms with van der Waals surface area (Å²) in [5, 5.41) is 13.7. The molecule has 2 aromatic heterocycles. The number of nitrogens with zero attached hydrogens (tertiary/aromatic N) is 4. The maximum atomic E-state index is 3.90. The normalized spacial score (nSPS) is 13.1. The first-order valence-corrected chi connectivity index (χ1v) is 3.74. The van der Waals surface area contributed by atoms with Crippen LogP contribution in [0.2, 0.25) is 0 Å². The van der Waals surface area contributed by atoms with Crippen LogP contribution in [0.1, 0.15) is 18.8 Å². The van der Waals surface area contributed by atoms with Crippen molar-refractivity contribution in [1.82, 2.24) is 25.2 Å². The van der Waals surface area contributed by atoms with Gasteiger partial charge < -0.3 is 4.57 Å². The second-order valence-electron chi connectivity index (χ2n) is 2.58. The highest BCUT2D eigenvalue weighted by Crippen LogP contribution is 2.10. The fourth-order valence-electron chi connectivity index (χ4n) is 1.09. The molecule has 0 aliphatic heterocycles. The van der Waals surface area contributed by atoms with Crippen molar-refractivity contribution in [3.05, 3.63) is 30.4 Å². The molecule has 12 heavy (non-hydrogen) atoms. The van der Waals surface area contributed by atoms with Gasteiger partial charge in [0.1, 0.15) is 0 Å². The minimum absolute atomic E-state index is 0.138. The van der Waals surface area contributed by atoms with Crippen molar-refractivity contribution in [3.8, 4) is 0 Å². The van der Waals surface area contributed by atoms with Crippen LogP contribution in [0.5, 0.6) is 0 Å². The number of H-pyrrole nitrogens is 1. The van der Waals surface area contributed by atoms with Crippen LogP contribution in [0.15, 0.2) is 24.5 Å². The van der Waals surface area contributed by atoms with Crippen LogP contribution in [-0.4, -0.2) is 25.2 Å². The lowest BCUT2D eigenvalue weighted by atomic mass is 10.3. The Hall–Kier alpha value is -1.65. The molecule has 0 fully saturated rings. The highest BCUT2D eigenvalue weighted by atomic mass is 15.5. The number of nitrogens with one attached hydrogen (secondary N) is 1. The number of aromatic nitrogens is 5. The molecule has 0 radical (unpaired) electrons. The van der Waals surface area contributed by atoms with Crippen LogP contribution in [0, 0.1) is 0 Å². The van der Waals surface area contributed by atoms with Gasteiger partial charge in [-0.3, -0.25) is 0 Å². The van der Waals surface area contributed by atoms with E-state index in [1.165, 1.54) is 0 Å². The molecule has 1 atom stereocenters. The lowest BCUT2D eigenvalue weighted by molar-refractivity contribution is 0.604. The molecule has 0 bridgehead atoms. The van der Waals surface area contributed by atoms with Crippen LogP contribution >= 0.6 is 0 Å². The zero-order valence-corrected chi connectivity index (χ0v) is 6.68. The molecule has 0 spiro atoms. The van der Waals surface area contributed by atoms with Crippen molar-refractivity contribution < 1.29 is 0 Å². The Kier molecular flexibility index (Phi) is 1.62. The average molecular weight is 163 g/mol. The third-order valence-electron chi connectivity index (χ3n) is 1.81. The standard InChI is InChI=1S/C7H9N5/c1-6(7-8-10-11-9-7)12-4-2-3-5-12/h2-6H,1H3,(H,8,9,10,11). The van der Waals surface area contributed by atoms with Gasteiger partial charge in [0.15, 0.2) is 5.82 Å². The minimum atomic E-state index is 0.138. The predicted octanol–water partition coefficient (Wildman–Crippen LogP) is 0.610. The van der Waals surface area contributed by atoms with Crippen LogP contribution in [0.4, 0.5) is 0 Å². The molecule has 5 nitrogen and oxygen atoms in total. The Morgan fingerprint density at radius 2 is 2.17 bits per heavy atom. The van der Waals surface area contributed by atoms with Crippen molar-refractivity contribution in [2.24, 2.45) is 0 Å². The molecule has 0 amide bonds. The van der Waals surface area contributed by atoms with Gasteiger partial charge in [-0.2, -0.15) is 5.21 Å². The van der Waals surface area contributed by atoms with Crippen molar-refractivity contribution in [1.29, 1.82) is 0 Å². The van der Waals surface area contributed by atoms with Crippen molar-refractivity contribution in [2.75, 3.05) is 0 Å². The molecule has 1 unspecified atom stereocenters. The lowest BCUT2D eigenvalue weighted by Gasteiger charge is -2.07. The summed E-state index contributed by atoms with van der Waals surface area (Å²) in [6, 6.07) is 4.08. The molecule has 62 valence electrons. The summed E-state index contributed by atoms with van der Waals surface area (Å²) in [5.41, 5.74) is 0. The van der Waals surface area contributed by atoms with Gasteiger partial charge in [-0.1, -0.05) is 5.21 Å². The third kappa shape index (κ3) is 1.09. The van der Waals surface area contributed by atoms with Crippen LogP contribution in [0.25, 0.3) is 0 Å². The first kappa shape index (κ1) is 7.02. The van der Waals surface area contributed by atoms with Crippen LogP contribution in [-0.2, 0) is 0 Å². The van der Waals surface area contributed by atoms with Gasteiger partial charge in [-0.15, -0.1) is 10.2 Å². The molecule has 2 aromatic rings. The maximum absolute atomic E-state index is 3.90. The van der Waals surface area contributed by atoms with E-state index in [1.807, 2.05) is 36.0 Å². The van der Waals surface area contributed by atoms with Crippen molar-refractivity contribution >= 4 is 0 Å². The molecule has 0 saturated carbocycles. The van der Waals surface area contributed by atoms with E-state index in [0.717, 1.165) is 0 Å². The summed E-state index contributed by atoms with van der Waals surface area (Å²) in [4.78, 5) is 0. The second kappa shape index (κ2) is 2.77. The largest absolute Gasteiger partial charge is 0.344 e. The summed E-state index contributed by atoms with van der Waals surface area (Å²) in [6.45, 7) is 2.02. The van der Waals surface area contributed by atoms with Gasteiger partial charge in [0.2, 0.25) is 0 Å². The number of hydrogen-bond acceptors (Lipinski definition) is 3. The summed E-state index contributed by atoms with van der Waals surface area (Å²) < 4.78 is 2.02. The zero-order chi connectivity index (χ0) is 8.39. The van der Waals surface area contributed by atoms with Gasteiger partial charge in [0, 0.05) is 12.4 Å². The topological polar surface area (TPSA) is 59.4 Å². The van der Waals surface area contributed by atoms with E-state index in [2.05, 4.69) is 20.6 Å². The van der Waals surface area contributed by atoms with Gasteiger partial charge in [-0.05, 0) is 19.1 Å². The quantitative estimate of drug-likeness (QED) is 0.705. The van der Waals surface area contributed by atoms with Crippen LogP contribution < -0.4 is 0 Å². The lowest BCUT2D eigenvalue weighted by Crippen LogP contribution is -2.05. The Labute approximate surface area is 69.4 Å². The van der Waals surface area contributed by atoms with E-state index in [1.54, 1.807) is 0 Å². The van der Waals surface area contributed by atoms with Gasteiger partial charge in [0.05, 0.1) is 6.04 Å². The summed E-state index contributed by atoms with van der Waals surface area (Å²) in [5.74, 6) is 0.700. The molecule has 1 N–H and O–H groups in total. The van der Waals surface area contributed by atoms with E-state index in [4.69, 9.17) is 0 Å². The van der Waals surface area contributed by atoms with Gasteiger partial charge in [-0.25, -0.2) is 0 Å². The fraction of sp³-hybridized carbons (Fsp3) is 0.286. The van der Waals surface area contributed by atoms with Crippen molar-refractivity contribution in [2.45, 2.75) is 13.0 Å². The molecular weight excluding hydrogens is 154 g/mol. The smallest absolute Gasteiger partial charge is 0.196 e. The highest BCUT2D eigenvalue weighted by Gasteiger charge is 2.09. The van der Waals surface area contributed by atoms with Gasteiger partial charge in [0.25, 0.3) is 0 Å². The second-order valence-corrected chi connectivity index (χ2v) is 2.58. The van der Waals surface area contributed by atoms with E-state index in [0.29, 0.717) is 5.82 Å². The summed E-state index contributed by atoms with van der Waals surface area (Å²) >= 11 is 0. The number of tetrazole rings is 1. The number of aromatic amines is 1. The molecule has 0 aliphatic rings. The Morgan fingerprint density at radius 1 is 1.42 bits per heavy atom. The molecule has 2 rings (SSSR count). The first-order valence-electron chi connectivity index (χ1n) is 3.74. The molecule has 0 aromatic carbocycles. The number of rotatable bonds is 2. The monoisotopic (exact) mass is 163 g/mol. The molecule has 2 heterocycles. The zero-order valence-electron chi connectivity index (χ0n) is 6.68. The predicted molar refractivity (Wildman–Crippen MR) is 42.4 cm³/mol. The first-order chi connectivity index (χ1) is 5.88. The summed E-state index contributed by atoms with van der Waals surface area (Å²) in [7, 11) is 0. The minimum Gasteiger partial charge on any atom is -0.344 e. The Morgan fingerprint density at radius 3 is 2.75 bits per heavy atom. The number of hydrogen-bond donors (Lipinski definition) is 1. The van der Waals surface area contributed by atoms with E-state index in [-0.39, 0.29) is 6.04 Å². The molecular formula is C7H9N5. The Bertz CT molecular complexity index is 288. The van der Waals surface area contributed by atoms with Gasteiger partial charge >= 0.3 is 0 Å². The molecule has 0 saturated heterocycles. The van der Waals surface area contributed by atoms with Crippen LogP contribution in [0.3, 0.4) is 0 Å². The fourth-order valence-corrected chi connectivity index (χ4v) is 1.09.